The molecule has 9 nitrogen and oxygen atoms in total. The Balaban J connectivity index is 2.04. The number of aliphatic carboxylic acids is 1. The first kappa shape index (κ1) is 28.8. The summed E-state index contributed by atoms with van der Waals surface area (Å²) in [5.41, 5.74) is -0.0342. The zero-order chi connectivity index (χ0) is 28.5. The molecule has 0 aliphatic carbocycles. The van der Waals surface area contributed by atoms with Gasteiger partial charge in [0.25, 0.3) is 5.56 Å². The molecule has 0 spiro atoms. The zero-order valence-corrected chi connectivity index (χ0v) is 24.7. The molecule has 4 rings (SSSR count). The van der Waals surface area contributed by atoms with Crippen LogP contribution < -0.4 is 11.2 Å². The number of carbonyl (C=O) groups is 1. The maximum Gasteiger partial charge on any atom is 0.334 e. The van der Waals surface area contributed by atoms with Crippen molar-refractivity contribution in [3.8, 4) is 17.1 Å². The number of aromatic nitrogens is 4. The van der Waals surface area contributed by atoms with Crippen molar-refractivity contribution in [2.45, 2.75) is 45.9 Å². The van der Waals surface area contributed by atoms with Crippen molar-refractivity contribution in [2.24, 2.45) is 5.92 Å². The summed E-state index contributed by atoms with van der Waals surface area (Å²) < 4.78 is 9.74. The summed E-state index contributed by atoms with van der Waals surface area (Å²) in [5, 5.41) is 10.4. The summed E-state index contributed by atoms with van der Waals surface area (Å²) in [6.45, 7) is 8.07. The minimum Gasteiger partial charge on any atom is -0.481 e. The first-order valence-corrected chi connectivity index (χ1v) is 16.9. The fourth-order valence-electron chi connectivity index (χ4n) is 4.07. The smallest absolute Gasteiger partial charge is 0.334 e. The van der Waals surface area contributed by atoms with Crippen molar-refractivity contribution in [1.29, 1.82) is 0 Å². The number of carboxylic acid groups (broad SMARTS) is 1. The number of nitrogens with zero attached hydrogens (tertiary/aromatic N) is 4. The largest absolute Gasteiger partial charge is 0.481 e. The van der Waals surface area contributed by atoms with Crippen LogP contribution in [0.5, 0.6) is 0 Å². The lowest BCUT2D eigenvalue weighted by atomic mass is 10.2. The average molecular weight is 590 g/mol. The molecule has 0 radical (unpaired) electrons. The maximum absolute atomic E-state index is 13.9. The van der Waals surface area contributed by atoms with E-state index >= 15 is 0 Å². The van der Waals surface area contributed by atoms with Crippen LogP contribution in [0.25, 0.3) is 28.2 Å². The van der Waals surface area contributed by atoms with E-state index in [0.717, 1.165) is 10.6 Å². The molecule has 0 aliphatic heterocycles. The van der Waals surface area contributed by atoms with E-state index in [9.17, 15) is 19.5 Å². The summed E-state index contributed by atoms with van der Waals surface area (Å²) in [6, 6.07) is 14.8. The van der Waals surface area contributed by atoms with Crippen molar-refractivity contribution < 1.29 is 14.6 Å². The predicted molar refractivity (Wildman–Crippen MR) is 156 cm³/mol. The lowest BCUT2D eigenvalue weighted by Gasteiger charge is -2.17. The SMILES string of the molecule is C[C@@H](Cn1c(=O)c2c(nc(-c3ccccc3Cl)n2-c2ccc(Cl)cc2)n(COCC[Si](C)(C)C)c1=O)C(=O)O. The molecule has 0 bridgehead atoms. The molecule has 0 saturated heterocycles. The van der Waals surface area contributed by atoms with Crippen LogP contribution in [0, 0.1) is 5.92 Å². The molecule has 2 aromatic carbocycles. The first-order valence-electron chi connectivity index (χ1n) is 12.5. The van der Waals surface area contributed by atoms with E-state index in [-0.39, 0.29) is 24.4 Å². The Morgan fingerprint density at radius 3 is 2.33 bits per heavy atom. The van der Waals surface area contributed by atoms with E-state index in [4.69, 9.17) is 32.9 Å². The lowest BCUT2D eigenvalue weighted by molar-refractivity contribution is -0.141. The van der Waals surface area contributed by atoms with Gasteiger partial charge < -0.3 is 9.84 Å². The van der Waals surface area contributed by atoms with E-state index < -0.39 is 31.2 Å². The molecule has 0 fully saturated rings. The maximum atomic E-state index is 13.9. The monoisotopic (exact) mass is 588 g/mol. The van der Waals surface area contributed by atoms with Crippen LogP contribution in [0.4, 0.5) is 0 Å². The molecular weight excluding hydrogens is 559 g/mol. The van der Waals surface area contributed by atoms with Gasteiger partial charge in [-0.25, -0.2) is 9.78 Å². The number of rotatable bonds is 10. The highest BCUT2D eigenvalue weighted by Crippen LogP contribution is 2.32. The van der Waals surface area contributed by atoms with Gasteiger partial charge in [0.05, 0.1) is 10.9 Å². The predicted octanol–water partition coefficient (Wildman–Crippen LogP) is 5.36. The Morgan fingerprint density at radius 1 is 1.05 bits per heavy atom. The van der Waals surface area contributed by atoms with Crippen molar-refractivity contribution >= 4 is 48.4 Å². The molecule has 0 aliphatic rings. The molecule has 12 heteroatoms. The summed E-state index contributed by atoms with van der Waals surface area (Å²) in [7, 11) is -1.40. The number of ether oxygens (including phenoxy) is 1. The fourth-order valence-corrected chi connectivity index (χ4v) is 5.17. The molecule has 2 heterocycles. The highest BCUT2D eigenvalue weighted by molar-refractivity contribution is 6.76. The van der Waals surface area contributed by atoms with Gasteiger partial charge in [-0.2, -0.15) is 0 Å². The Morgan fingerprint density at radius 2 is 1.72 bits per heavy atom. The van der Waals surface area contributed by atoms with Gasteiger partial charge in [-0.15, -0.1) is 0 Å². The van der Waals surface area contributed by atoms with E-state index in [2.05, 4.69) is 19.6 Å². The molecule has 0 saturated carbocycles. The van der Waals surface area contributed by atoms with Gasteiger partial charge in [-0.1, -0.05) is 61.9 Å². The number of carboxylic acids is 1. The topological polar surface area (TPSA) is 108 Å². The minimum atomic E-state index is -1.40. The lowest BCUT2D eigenvalue weighted by Crippen LogP contribution is -2.43. The Bertz CT molecular complexity index is 1640. The third kappa shape index (κ3) is 6.19. The van der Waals surface area contributed by atoms with Crippen LogP contribution in [-0.2, 0) is 22.8 Å². The van der Waals surface area contributed by atoms with Gasteiger partial charge >= 0.3 is 11.7 Å². The third-order valence-corrected chi connectivity index (χ3v) is 8.60. The van der Waals surface area contributed by atoms with Crippen molar-refractivity contribution in [2.75, 3.05) is 6.61 Å². The summed E-state index contributed by atoms with van der Waals surface area (Å²) in [4.78, 5) is 43.9. The van der Waals surface area contributed by atoms with Crippen LogP contribution in [0.1, 0.15) is 6.92 Å². The number of halogens is 2. The third-order valence-electron chi connectivity index (χ3n) is 6.32. The number of hydrogen-bond acceptors (Lipinski definition) is 5. The van der Waals surface area contributed by atoms with Gasteiger partial charge in [-0.3, -0.25) is 23.3 Å². The van der Waals surface area contributed by atoms with Crippen LogP contribution in [0.2, 0.25) is 35.7 Å². The quantitative estimate of drug-likeness (QED) is 0.197. The van der Waals surface area contributed by atoms with Crippen LogP contribution in [0.3, 0.4) is 0 Å². The first-order chi connectivity index (χ1) is 18.4. The van der Waals surface area contributed by atoms with Gasteiger partial charge in [-0.05, 0) is 42.4 Å². The fraction of sp³-hybridized carbons (Fsp3) is 0.333. The summed E-state index contributed by atoms with van der Waals surface area (Å²) in [5.74, 6) is -1.76. The molecule has 39 heavy (non-hydrogen) atoms. The van der Waals surface area contributed by atoms with Crippen LogP contribution >= 0.6 is 23.2 Å². The Kier molecular flexibility index (Phi) is 8.50. The molecule has 2 aromatic heterocycles. The van der Waals surface area contributed by atoms with Gasteiger partial charge in [0.2, 0.25) is 0 Å². The second-order valence-electron chi connectivity index (χ2n) is 10.6. The second kappa shape index (κ2) is 11.5. The Labute approximate surface area is 236 Å². The molecule has 0 amide bonds. The molecule has 4 aromatic rings. The second-order valence-corrected chi connectivity index (χ2v) is 17.1. The average Bonchev–Trinajstić information content (AvgIpc) is 3.26. The minimum absolute atomic E-state index is 0.0956. The van der Waals surface area contributed by atoms with E-state index in [1.807, 2.05) is 0 Å². The van der Waals surface area contributed by atoms with Crippen LogP contribution in [0.15, 0.2) is 58.1 Å². The van der Waals surface area contributed by atoms with E-state index in [0.29, 0.717) is 33.7 Å². The highest BCUT2D eigenvalue weighted by Gasteiger charge is 2.26. The van der Waals surface area contributed by atoms with Gasteiger partial charge in [0.1, 0.15) is 12.6 Å². The standard InChI is InChI=1S/C27H30Cl2N4O5Si/c1-17(26(35)36)15-31-25(34)22-24(32(27(31)37)16-38-13-14-39(2,3)4)30-23(20-7-5-6-8-21(20)29)33(22)19-11-9-18(28)10-12-19/h5-12,17H,13-16H2,1-4H3,(H,35,36)/t17-/m0/s1. The van der Waals surface area contributed by atoms with Gasteiger partial charge in [0, 0.05) is 37.5 Å². The van der Waals surface area contributed by atoms with Gasteiger partial charge in [0.15, 0.2) is 11.2 Å². The summed E-state index contributed by atoms with van der Waals surface area (Å²) >= 11 is 12.7. The normalized spacial score (nSPS) is 12.7. The molecule has 1 N–H and O–H groups in total. The summed E-state index contributed by atoms with van der Waals surface area (Å²) in [6.07, 6.45) is 0. The molecular formula is C27H30Cl2N4O5Si. The number of benzene rings is 2. The number of fused-ring (bicyclic) bond motifs is 1. The molecule has 206 valence electrons. The molecule has 0 unspecified atom stereocenters. The van der Waals surface area contributed by atoms with Crippen molar-refractivity contribution in [3.63, 3.8) is 0 Å². The number of hydrogen-bond donors (Lipinski definition) is 1. The van der Waals surface area contributed by atoms with E-state index in [1.54, 1.807) is 53.1 Å². The molecule has 1 atom stereocenters. The van der Waals surface area contributed by atoms with Crippen molar-refractivity contribution in [3.05, 3.63) is 79.4 Å². The van der Waals surface area contributed by atoms with E-state index in [1.165, 1.54) is 11.5 Å². The highest BCUT2D eigenvalue weighted by atomic mass is 35.5. The number of imidazole rings is 1. The van der Waals surface area contributed by atoms with Crippen LogP contribution in [-0.4, -0.2) is 44.4 Å². The zero-order valence-electron chi connectivity index (χ0n) is 22.1. The Hall–Kier alpha value is -3.18. The van der Waals surface area contributed by atoms with Crippen molar-refractivity contribution in [1.82, 2.24) is 18.7 Å².